The number of alkyl halides is 2. The zero-order valence-electron chi connectivity index (χ0n) is 8.64. The smallest absolute Gasteiger partial charge is 0.263 e. The van der Waals surface area contributed by atoms with E-state index in [1.807, 2.05) is 0 Å². The van der Waals surface area contributed by atoms with Gasteiger partial charge >= 0.3 is 0 Å². The fourth-order valence-corrected chi connectivity index (χ4v) is 2.03. The molecule has 0 spiro atoms. The molecule has 1 aromatic rings. The third-order valence-electron chi connectivity index (χ3n) is 2.67. The van der Waals surface area contributed by atoms with E-state index in [1.54, 1.807) is 6.07 Å². The van der Waals surface area contributed by atoms with E-state index in [9.17, 15) is 8.78 Å². The average molecular weight is 247 g/mol. The molecule has 2 nitrogen and oxygen atoms in total. The van der Waals surface area contributed by atoms with Crippen molar-refractivity contribution in [1.29, 1.82) is 0 Å². The Balaban J connectivity index is 2.09. The molecule has 1 saturated heterocycles. The van der Waals surface area contributed by atoms with Gasteiger partial charge in [-0.3, -0.25) is 0 Å². The van der Waals surface area contributed by atoms with Gasteiger partial charge in [0.15, 0.2) is 0 Å². The Morgan fingerprint density at radius 1 is 1.44 bits per heavy atom. The molecule has 0 aliphatic carbocycles. The lowest BCUT2D eigenvalue weighted by molar-refractivity contribution is 0.151. The third-order valence-corrected chi connectivity index (χ3v) is 2.98. The molecule has 0 bridgehead atoms. The Bertz CT molecular complexity index is 365. The number of nitrogens with one attached hydrogen (secondary N) is 2. The zero-order valence-corrected chi connectivity index (χ0v) is 9.40. The molecule has 1 atom stereocenters. The van der Waals surface area contributed by atoms with Crippen molar-refractivity contribution in [3.8, 4) is 0 Å². The molecule has 16 heavy (non-hydrogen) atoms. The Labute approximate surface area is 98.0 Å². The van der Waals surface area contributed by atoms with Gasteiger partial charge in [0.2, 0.25) is 0 Å². The molecule has 1 aliphatic heterocycles. The molecule has 5 heteroatoms. The van der Waals surface area contributed by atoms with Crippen LogP contribution in [0.5, 0.6) is 0 Å². The van der Waals surface area contributed by atoms with Crippen LogP contribution in [0.4, 0.5) is 14.5 Å². The highest BCUT2D eigenvalue weighted by molar-refractivity contribution is 6.33. The number of hydrogen-bond acceptors (Lipinski definition) is 2. The lowest BCUT2D eigenvalue weighted by Crippen LogP contribution is -2.22. The predicted octanol–water partition coefficient (Wildman–Crippen LogP) is 3.05. The van der Waals surface area contributed by atoms with Crippen LogP contribution in [0.1, 0.15) is 18.4 Å². The first-order chi connectivity index (χ1) is 7.66. The number of anilines is 1. The highest BCUT2D eigenvalue weighted by Gasteiger charge is 2.16. The summed E-state index contributed by atoms with van der Waals surface area (Å²) in [6, 6.07) is 4.66. The van der Waals surface area contributed by atoms with Gasteiger partial charge in [0.1, 0.15) is 0 Å². The van der Waals surface area contributed by atoms with Crippen molar-refractivity contribution in [3.63, 3.8) is 0 Å². The SMILES string of the molecule is FC(F)c1ccc(NC2CCNC2)c(Cl)c1. The summed E-state index contributed by atoms with van der Waals surface area (Å²) >= 11 is 5.94. The monoisotopic (exact) mass is 246 g/mol. The average Bonchev–Trinajstić information content (AvgIpc) is 2.73. The van der Waals surface area contributed by atoms with E-state index in [-0.39, 0.29) is 5.56 Å². The van der Waals surface area contributed by atoms with Crippen LogP contribution in [0.2, 0.25) is 5.02 Å². The molecule has 1 unspecified atom stereocenters. The van der Waals surface area contributed by atoms with Crippen LogP contribution in [-0.4, -0.2) is 19.1 Å². The minimum absolute atomic E-state index is 0.0416. The summed E-state index contributed by atoms with van der Waals surface area (Å²) in [6.45, 7) is 1.86. The maximum Gasteiger partial charge on any atom is 0.263 e. The van der Waals surface area contributed by atoms with Gasteiger partial charge in [0.05, 0.1) is 10.7 Å². The normalized spacial score (nSPS) is 20.4. The van der Waals surface area contributed by atoms with E-state index >= 15 is 0 Å². The lowest BCUT2D eigenvalue weighted by atomic mass is 10.2. The summed E-state index contributed by atoms with van der Waals surface area (Å²) in [5.41, 5.74) is 0.680. The summed E-state index contributed by atoms with van der Waals surface area (Å²) in [6.07, 6.45) is -1.45. The molecule has 0 saturated carbocycles. The van der Waals surface area contributed by atoms with Gasteiger partial charge in [-0.25, -0.2) is 8.78 Å². The van der Waals surface area contributed by atoms with Gasteiger partial charge in [0, 0.05) is 18.2 Å². The van der Waals surface area contributed by atoms with E-state index in [1.165, 1.54) is 12.1 Å². The lowest BCUT2D eigenvalue weighted by Gasteiger charge is -2.14. The summed E-state index contributed by atoms with van der Waals surface area (Å²) in [5, 5.41) is 6.80. The Kier molecular flexibility index (Phi) is 3.61. The molecule has 2 rings (SSSR count). The van der Waals surface area contributed by atoms with Crippen molar-refractivity contribution < 1.29 is 8.78 Å². The topological polar surface area (TPSA) is 24.1 Å². The summed E-state index contributed by atoms with van der Waals surface area (Å²) in [7, 11) is 0. The molecule has 0 aromatic heterocycles. The van der Waals surface area contributed by atoms with E-state index in [2.05, 4.69) is 10.6 Å². The van der Waals surface area contributed by atoms with Crippen LogP contribution in [0, 0.1) is 0 Å². The zero-order chi connectivity index (χ0) is 11.5. The largest absolute Gasteiger partial charge is 0.380 e. The first kappa shape index (κ1) is 11.6. The van der Waals surface area contributed by atoms with Crippen molar-refractivity contribution in [2.75, 3.05) is 18.4 Å². The first-order valence-electron chi connectivity index (χ1n) is 5.21. The van der Waals surface area contributed by atoms with Gasteiger partial charge < -0.3 is 10.6 Å². The number of benzene rings is 1. The standard InChI is InChI=1S/C11H13ClF2N2/c12-9-5-7(11(13)14)1-2-10(9)16-8-3-4-15-6-8/h1-2,5,8,11,15-16H,3-4,6H2. The van der Waals surface area contributed by atoms with Crippen LogP contribution in [0.3, 0.4) is 0 Å². The van der Waals surface area contributed by atoms with Crippen molar-refractivity contribution >= 4 is 17.3 Å². The van der Waals surface area contributed by atoms with Crippen LogP contribution >= 0.6 is 11.6 Å². The van der Waals surface area contributed by atoms with Crippen LogP contribution in [0.15, 0.2) is 18.2 Å². The quantitative estimate of drug-likeness (QED) is 0.857. The highest BCUT2D eigenvalue weighted by atomic mass is 35.5. The molecular weight excluding hydrogens is 234 g/mol. The van der Waals surface area contributed by atoms with Gasteiger partial charge in [-0.1, -0.05) is 17.7 Å². The summed E-state index contributed by atoms with van der Waals surface area (Å²) < 4.78 is 24.8. The Hall–Kier alpha value is -0.870. The molecule has 0 radical (unpaired) electrons. The van der Waals surface area contributed by atoms with E-state index in [0.29, 0.717) is 11.1 Å². The maximum absolute atomic E-state index is 12.4. The molecule has 0 amide bonds. The second-order valence-electron chi connectivity index (χ2n) is 3.87. The van der Waals surface area contributed by atoms with Crippen LogP contribution in [-0.2, 0) is 0 Å². The molecular formula is C11H13ClF2N2. The van der Waals surface area contributed by atoms with Crippen molar-refractivity contribution in [1.82, 2.24) is 5.32 Å². The fraction of sp³-hybridized carbons (Fsp3) is 0.455. The predicted molar refractivity (Wildman–Crippen MR) is 61.3 cm³/mol. The van der Waals surface area contributed by atoms with E-state index in [0.717, 1.165) is 25.2 Å². The second-order valence-corrected chi connectivity index (χ2v) is 4.28. The Morgan fingerprint density at radius 3 is 2.81 bits per heavy atom. The van der Waals surface area contributed by atoms with Gasteiger partial charge in [-0.2, -0.15) is 0 Å². The fourth-order valence-electron chi connectivity index (χ4n) is 1.78. The number of halogens is 3. The second kappa shape index (κ2) is 4.97. The Morgan fingerprint density at radius 2 is 2.25 bits per heavy atom. The third kappa shape index (κ3) is 2.62. The van der Waals surface area contributed by atoms with Gasteiger partial charge in [0.25, 0.3) is 6.43 Å². The van der Waals surface area contributed by atoms with Crippen LogP contribution in [0.25, 0.3) is 0 Å². The van der Waals surface area contributed by atoms with Gasteiger partial charge in [-0.05, 0) is 25.1 Å². The van der Waals surface area contributed by atoms with Crippen LogP contribution < -0.4 is 10.6 Å². The molecule has 1 fully saturated rings. The molecule has 88 valence electrons. The van der Waals surface area contributed by atoms with Crippen molar-refractivity contribution in [2.45, 2.75) is 18.9 Å². The van der Waals surface area contributed by atoms with Gasteiger partial charge in [-0.15, -0.1) is 0 Å². The van der Waals surface area contributed by atoms with Crippen molar-refractivity contribution in [3.05, 3.63) is 28.8 Å². The number of rotatable bonds is 3. The summed E-state index contributed by atoms with van der Waals surface area (Å²) in [4.78, 5) is 0. The van der Waals surface area contributed by atoms with Crippen molar-refractivity contribution in [2.24, 2.45) is 0 Å². The highest BCUT2D eigenvalue weighted by Crippen LogP contribution is 2.28. The molecule has 2 N–H and O–H groups in total. The number of hydrogen-bond donors (Lipinski definition) is 2. The molecule has 1 aromatic carbocycles. The summed E-state index contributed by atoms with van der Waals surface area (Å²) in [5.74, 6) is 0. The molecule has 1 heterocycles. The minimum Gasteiger partial charge on any atom is -0.380 e. The molecule has 1 aliphatic rings. The maximum atomic E-state index is 12.4. The minimum atomic E-state index is -2.47. The van der Waals surface area contributed by atoms with E-state index in [4.69, 9.17) is 11.6 Å². The first-order valence-corrected chi connectivity index (χ1v) is 5.59. The van der Waals surface area contributed by atoms with E-state index < -0.39 is 6.43 Å².